The number of carbonyl (C=O) groups excluding carboxylic acids is 1. The highest BCUT2D eigenvalue weighted by Gasteiger charge is 2.13. The molecule has 0 atom stereocenters. The summed E-state index contributed by atoms with van der Waals surface area (Å²) < 4.78 is 6.46. The lowest BCUT2D eigenvalue weighted by atomic mass is 10.2. The quantitative estimate of drug-likeness (QED) is 0.777. The highest BCUT2D eigenvalue weighted by Crippen LogP contribution is 2.34. The zero-order valence-electron chi connectivity index (χ0n) is 11.0. The molecule has 4 nitrogen and oxygen atoms in total. The molecule has 0 bridgehead atoms. The van der Waals surface area contributed by atoms with Gasteiger partial charge in [-0.05, 0) is 47.2 Å². The first-order valence-electron chi connectivity index (χ1n) is 6.25. The summed E-state index contributed by atoms with van der Waals surface area (Å²) in [6.45, 7) is 2.63. The van der Waals surface area contributed by atoms with Crippen LogP contribution in [0, 0.1) is 3.57 Å². The lowest BCUT2D eigenvalue weighted by molar-refractivity contribution is -0.123. The molecule has 20 heavy (non-hydrogen) atoms. The maximum atomic E-state index is 11.6. The minimum absolute atomic E-state index is 0.0245. The highest BCUT2D eigenvalue weighted by atomic mass is 127. The van der Waals surface area contributed by atoms with Crippen LogP contribution in [0.2, 0.25) is 5.02 Å². The maximum absolute atomic E-state index is 11.6. The molecular weight excluding hydrogens is 391 g/mol. The number of rotatable bonds is 5. The van der Waals surface area contributed by atoms with Crippen molar-refractivity contribution in [2.45, 2.75) is 13.3 Å². The van der Waals surface area contributed by atoms with Crippen LogP contribution in [0.5, 0.6) is 5.75 Å². The van der Waals surface area contributed by atoms with Gasteiger partial charge >= 0.3 is 0 Å². The third kappa shape index (κ3) is 3.52. The summed E-state index contributed by atoms with van der Waals surface area (Å²) in [4.78, 5) is 15.9. The van der Waals surface area contributed by atoms with Gasteiger partial charge in [-0.3, -0.25) is 9.78 Å². The number of nitrogens with zero attached hydrogens (tertiary/aromatic N) is 1. The van der Waals surface area contributed by atoms with Crippen LogP contribution in [-0.2, 0) is 4.79 Å². The van der Waals surface area contributed by atoms with E-state index in [0.29, 0.717) is 22.8 Å². The van der Waals surface area contributed by atoms with Gasteiger partial charge in [-0.1, -0.05) is 18.5 Å². The number of aromatic nitrogens is 1. The van der Waals surface area contributed by atoms with Crippen LogP contribution in [0.15, 0.2) is 24.4 Å². The molecule has 0 saturated heterocycles. The van der Waals surface area contributed by atoms with Crippen molar-refractivity contribution in [3.05, 3.63) is 33.0 Å². The number of ether oxygens (including phenoxy) is 1. The number of hydrogen-bond acceptors (Lipinski definition) is 3. The van der Waals surface area contributed by atoms with Gasteiger partial charge in [-0.25, -0.2) is 0 Å². The van der Waals surface area contributed by atoms with Crippen molar-refractivity contribution in [1.29, 1.82) is 0 Å². The summed E-state index contributed by atoms with van der Waals surface area (Å²) in [5, 5.41) is 4.21. The van der Waals surface area contributed by atoms with Crippen LogP contribution >= 0.6 is 34.2 Å². The Balaban J connectivity index is 2.23. The first kappa shape index (κ1) is 15.3. The molecule has 1 aromatic heterocycles. The first-order valence-corrected chi connectivity index (χ1v) is 7.71. The third-order valence-electron chi connectivity index (χ3n) is 2.67. The second-order valence-electron chi connectivity index (χ2n) is 4.21. The lowest BCUT2D eigenvalue weighted by Gasteiger charge is -2.11. The smallest absolute Gasteiger partial charge is 0.257 e. The van der Waals surface area contributed by atoms with Crippen LogP contribution in [0.1, 0.15) is 13.3 Å². The molecule has 6 heteroatoms. The van der Waals surface area contributed by atoms with Crippen molar-refractivity contribution in [2.24, 2.45) is 0 Å². The Bertz CT molecular complexity index is 634. The number of benzene rings is 1. The van der Waals surface area contributed by atoms with Gasteiger partial charge in [0.25, 0.3) is 5.91 Å². The molecule has 0 unspecified atom stereocenters. The number of amides is 1. The van der Waals surface area contributed by atoms with Crippen LogP contribution < -0.4 is 10.1 Å². The van der Waals surface area contributed by atoms with Crippen molar-refractivity contribution >= 4 is 51.0 Å². The molecule has 2 aromatic rings. The molecule has 0 aliphatic rings. The Kier molecular flexibility index (Phi) is 5.42. The molecule has 1 aromatic carbocycles. The fourth-order valence-electron chi connectivity index (χ4n) is 1.74. The van der Waals surface area contributed by atoms with E-state index in [2.05, 4.69) is 32.9 Å². The van der Waals surface area contributed by atoms with Crippen molar-refractivity contribution in [2.75, 3.05) is 13.2 Å². The van der Waals surface area contributed by atoms with Gasteiger partial charge in [0, 0.05) is 18.1 Å². The van der Waals surface area contributed by atoms with E-state index in [1.807, 2.05) is 25.1 Å². The summed E-state index contributed by atoms with van der Waals surface area (Å²) in [5.41, 5.74) is 0.674. The van der Waals surface area contributed by atoms with Gasteiger partial charge in [0.1, 0.15) is 5.52 Å². The Morgan fingerprint density at radius 3 is 3.10 bits per heavy atom. The lowest BCUT2D eigenvalue weighted by Crippen LogP contribution is -2.29. The number of carbonyl (C=O) groups is 1. The van der Waals surface area contributed by atoms with Gasteiger partial charge in [0.2, 0.25) is 0 Å². The summed E-state index contributed by atoms with van der Waals surface area (Å²) in [7, 11) is 0. The van der Waals surface area contributed by atoms with E-state index in [0.717, 1.165) is 15.4 Å². The largest absolute Gasteiger partial charge is 0.480 e. The Labute approximate surface area is 136 Å². The van der Waals surface area contributed by atoms with Gasteiger partial charge < -0.3 is 10.1 Å². The van der Waals surface area contributed by atoms with Crippen LogP contribution in [0.4, 0.5) is 0 Å². The Morgan fingerprint density at radius 2 is 2.35 bits per heavy atom. The number of hydrogen-bond donors (Lipinski definition) is 1. The van der Waals surface area contributed by atoms with E-state index in [1.54, 1.807) is 6.20 Å². The molecule has 1 amide bonds. The Morgan fingerprint density at radius 1 is 1.55 bits per heavy atom. The van der Waals surface area contributed by atoms with Crippen molar-refractivity contribution in [3.63, 3.8) is 0 Å². The molecule has 1 heterocycles. The van der Waals surface area contributed by atoms with E-state index >= 15 is 0 Å². The van der Waals surface area contributed by atoms with Gasteiger partial charge in [0.05, 0.1) is 8.59 Å². The number of halogens is 2. The molecule has 0 fully saturated rings. The fourth-order valence-corrected chi connectivity index (χ4v) is 2.91. The van der Waals surface area contributed by atoms with Crippen molar-refractivity contribution in [1.82, 2.24) is 10.3 Å². The molecule has 0 aliphatic carbocycles. The van der Waals surface area contributed by atoms with E-state index in [-0.39, 0.29) is 12.5 Å². The molecule has 0 aliphatic heterocycles. The van der Waals surface area contributed by atoms with Gasteiger partial charge in [-0.2, -0.15) is 0 Å². The predicted octanol–water partition coefficient (Wildman–Crippen LogP) is 3.40. The monoisotopic (exact) mass is 404 g/mol. The zero-order chi connectivity index (χ0) is 14.5. The summed E-state index contributed by atoms with van der Waals surface area (Å²) in [5.74, 6) is 0.457. The average Bonchev–Trinajstić information content (AvgIpc) is 2.45. The fraction of sp³-hybridized carbons (Fsp3) is 0.286. The standard InChI is InChI=1S/C14H14ClIN2O2/c1-2-5-17-12(19)8-20-14-11(16)7-10(15)9-4-3-6-18-13(9)14/h3-4,6-7H,2,5,8H2,1H3,(H,17,19). The minimum Gasteiger partial charge on any atom is -0.480 e. The number of pyridine rings is 1. The average molecular weight is 405 g/mol. The molecule has 0 radical (unpaired) electrons. The third-order valence-corrected chi connectivity index (χ3v) is 3.78. The summed E-state index contributed by atoms with van der Waals surface area (Å²) in [6, 6.07) is 5.51. The van der Waals surface area contributed by atoms with E-state index in [9.17, 15) is 4.79 Å². The van der Waals surface area contributed by atoms with E-state index in [1.165, 1.54) is 0 Å². The second-order valence-corrected chi connectivity index (χ2v) is 5.78. The SMILES string of the molecule is CCCNC(=O)COc1c(I)cc(Cl)c2cccnc12. The van der Waals surface area contributed by atoms with E-state index < -0.39 is 0 Å². The van der Waals surface area contributed by atoms with E-state index in [4.69, 9.17) is 16.3 Å². The molecule has 2 rings (SSSR count). The summed E-state index contributed by atoms with van der Waals surface area (Å²) in [6.07, 6.45) is 2.58. The van der Waals surface area contributed by atoms with Gasteiger partial charge in [-0.15, -0.1) is 0 Å². The maximum Gasteiger partial charge on any atom is 0.257 e. The zero-order valence-corrected chi connectivity index (χ0v) is 13.9. The minimum atomic E-state index is -0.137. The molecule has 0 saturated carbocycles. The van der Waals surface area contributed by atoms with Gasteiger partial charge in [0.15, 0.2) is 12.4 Å². The normalized spacial score (nSPS) is 10.6. The number of nitrogens with one attached hydrogen (secondary N) is 1. The number of fused-ring (bicyclic) bond motifs is 1. The Hall–Kier alpha value is -1.08. The molecule has 1 N–H and O–H groups in total. The van der Waals surface area contributed by atoms with Crippen LogP contribution in [0.25, 0.3) is 10.9 Å². The van der Waals surface area contributed by atoms with Crippen LogP contribution in [0.3, 0.4) is 0 Å². The molecule has 106 valence electrons. The topological polar surface area (TPSA) is 51.2 Å². The summed E-state index contributed by atoms with van der Waals surface area (Å²) >= 11 is 8.31. The van der Waals surface area contributed by atoms with Crippen molar-refractivity contribution in [3.8, 4) is 5.75 Å². The van der Waals surface area contributed by atoms with Crippen LogP contribution in [-0.4, -0.2) is 24.0 Å². The van der Waals surface area contributed by atoms with Crippen molar-refractivity contribution < 1.29 is 9.53 Å². The molecule has 0 spiro atoms. The predicted molar refractivity (Wildman–Crippen MR) is 88.3 cm³/mol. The second kappa shape index (κ2) is 7.08. The highest BCUT2D eigenvalue weighted by molar-refractivity contribution is 14.1. The first-order chi connectivity index (χ1) is 9.63. The molecular formula is C14H14ClIN2O2.